The van der Waals surface area contributed by atoms with Gasteiger partial charge in [-0.15, -0.1) is 0 Å². The number of likely N-dealkylation sites (N-methyl/N-ethyl adjacent to an activating group) is 1. The zero-order chi connectivity index (χ0) is 8.39. The van der Waals surface area contributed by atoms with Crippen LogP contribution < -0.4 is 4.90 Å². The predicted molar refractivity (Wildman–Crippen MR) is 50.7 cm³/mol. The number of anilines is 1. The van der Waals surface area contributed by atoms with E-state index in [9.17, 15) is 0 Å². The van der Waals surface area contributed by atoms with Gasteiger partial charge < -0.3 is 9.80 Å². The van der Waals surface area contributed by atoms with Crippen LogP contribution in [0.3, 0.4) is 0 Å². The number of nitrogens with zero attached hydrogens (tertiary/aromatic N) is 2. The Morgan fingerprint density at radius 2 is 1.79 bits per heavy atom. The smallest absolute Gasteiger partial charge is 0.508 e. The first-order valence-corrected chi connectivity index (χ1v) is 4.23. The second-order valence-electron chi connectivity index (χ2n) is 3.13. The van der Waals surface area contributed by atoms with Crippen molar-refractivity contribution in [3.63, 3.8) is 0 Å². The SMILES string of the molecule is CN1[CH-]N(c2ccccc2)CC1.[Ir+3].[Ir]. The first kappa shape index (κ1) is 14.3. The minimum atomic E-state index is 0. The standard InChI is InChI=1S/C10H13N2.2Ir/c1-11-7-8-12(9-11)10-5-3-2-4-6-10;;/h2-6,9H,7-8H2,1H3;;/q-1;;+3. The molecule has 0 aromatic heterocycles. The summed E-state index contributed by atoms with van der Waals surface area (Å²) in [6.45, 7) is 4.37. The van der Waals surface area contributed by atoms with Crippen molar-refractivity contribution in [3.05, 3.63) is 37.0 Å². The molecule has 1 aromatic rings. The monoisotopic (exact) mass is 547 g/mol. The van der Waals surface area contributed by atoms with E-state index in [1.54, 1.807) is 0 Å². The van der Waals surface area contributed by atoms with Crippen molar-refractivity contribution >= 4 is 5.69 Å². The van der Waals surface area contributed by atoms with Crippen LogP contribution in [0.5, 0.6) is 0 Å². The zero-order valence-corrected chi connectivity index (χ0v) is 12.7. The summed E-state index contributed by atoms with van der Waals surface area (Å²) >= 11 is 0. The molecule has 1 aliphatic heterocycles. The Labute approximate surface area is 112 Å². The summed E-state index contributed by atoms with van der Waals surface area (Å²) in [6.07, 6.45) is 0. The molecular weight excluding hydrogens is 533 g/mol. The molecule has 1 fully saturated rings. The Balaban J connectivity index is 0.000000845. The summed E-state index contributed by atoms with van der Waals surface area (Å²) in [5, 5.41) is 0. The molecule has 0 atom stereocenters. The molecule has 2 nitrogen and oxygen atoms in total. The number of hydrogen-bond acceptors (Lipinski definition) is 2. The molecule has 2 rings (SSSR count). The largest absolute Gasteiger partial charge is 3.00 e. The molecule has 0 unspecified atom stereocenters. The summed E-state index contributed by atoms with van der Waals surface area (Å²) in [7, 11) is 2.10. The molecule has 4 heteroatoms. The molecule has 1 aliphatic rings. The molecule has 0 N–H and O–H groups in total. The van der Waals surface area contributed by atoms with Gasteiger partial charge in [0.05, 0.1) is 0 Å². The Morgan fingerprint density at radius 3 is 2.29 bits per heavy atom. The van der Waals surface area contributed by atoms with Gasteiger partial charge in [-0.25, -0.2) is 0 Å². The number of benzene rings is 1. The van der Waals surface area contributed by atoms with Gasteiger partial charge in [0.15, 0.2) is 0 Å². The number of para-hydroxylation sites is 1. The van der Waals surface area contributed by atoms with Gasteiger partial charge in [-0.05, 0) is 25.7 Å². The molecule has 0 spiro atoms. The van der Waals surface area contributed by atoms with Crippen molar-refractivity contribution in [3.8, 4) is 0 Å². The van der Waals surface area contributed by atoms with Crippen molar-refractivity contribution in [2.24, 2.45) is 0 Å². The van der Waals surface area contributed by atoms with E-state index in [2.05, 4.69) is 47.8 Å². The van der Waals surface area contributed by atoms with E-state index in [4.69, 9.17) is 0 Å². The molecular formula is C10H13Ir2N2+2. The van der Waals surface area contributed by atoms with Crippen LogP contribution in [0.25, 0.3) is 0 Å². The number of hydrogen-bond donors (Lipinski definition) is 0. The maximum absolute atomic E-state index is 2.26. The third-order valence-corrected chi connectivity index (χ3v) is 2.12. The first-order valence-electron chi connectivity index (χ1n) is 4.23. The molecule has 1 saturated heterocycles. The van der Waals surface area contributed by atoms with E-state index in [0.717, 1.165) is 13.1 Å². The van der Waals surface area contributed by atoms with Crippen molar-refractivity contribution in [1.82, 2.24) is 4.90 Å². The van der Waals surface area contributed by atoms with E-state index in [-0.39, 0.29) is 40.2 Å². The van der Waals surface area contributed by atoms with Gasteiger partial charge in [0.1, 0.15) is 0 Å². The van der Waals surface area contributed by atoms with Crippen LogP contribution >= 0.6 is 0 Å². The summed E-state index contributed by atoms with van der Waals surface area (Å²) in [6, 6.07) is 10.5. The van der Waals surface area contributed by atoms with Crippen LogP contribution in [-0.2, 0) is 40.2 Å². The van der Waals surface area contributed by atoms with Gasteiger partial charge in [0, 0.05) is 32.3 Å². The minimum Gasteiger partial charge on any atom is -0.508 e. The molecule has 1 aromatic carbocycles. The summed E-state index contributed by atoms with van der Waals surface area (Å²) in [4.78, 5) is 4.47. The van der Waals surface area contributed by atoms with E-state index < -0.39 is 0 Å². The second kappa shape index (κ2) is 6.71. The van der Waals surface area contributed by atoms with E-state index in [1.807, 2.05) is 6.07 Å². The molecule has 79 valence electrons. The van der Waals surface area contributed by atoms with Crippen molar-refractivity contribution in [2.75, 3.05) is 25.0 Å². The molecule has 1 radical (unpaired) electrons. The average Bonchev–Trinajstić information content (AvgIpc) is 2.54. The molecule has 0 aliphatic carbocycles. The zero-order valence-electron chi connectivity index (χ0n) is 7.94. The van der Waals surface area contributed by atoms with Crippen LogP contribution in [0.2, 0.25) is 0 Å². The van der Waals surface area contributed by atoms with Crippen LogP contribution in [0.4, 0.5) is 5.69 Å². The van der Waals surface area contributed by atoms with Crippen LogP contribution in [0.1, 0.15) is 0 Å². The molecule has 0 saturated carbocycles. The fourth-order valence-corrected chi connectivity index (χ4v) is 1.43. The third kappa shape index (κ3) is 3.45. The first-order chi connectivity index (χ1) is 5.86. The van der Waals surface area contributed by atoms with E-state index in [1.165, 1.54) is 5.69 Å². The fraction of sp³-hybridized carbons (Fsp3) is 0.300. The van der Waals surface area contributed by atoms with Crippen LogP contribution in [0.15, 0.2) is 30.3 Å². The van der Waals surface area contributed by atoms with Gasteiger partial charge in [0.25, 0.3) is 0 Å². The van der Waals surface area contributed by atoms with Crippen LogP contribution in [0, 0.1) is 6.67 Å². The molecule has 0 amide bonds. The Morgan fingerprint density at radius 1 is 1.14 bits per heavy atom. The Kier molecular flexibility index (Phi) is 6.84. The normalized spacial score (nSPS) is 15.9. The van der Waals surface area contributed by atoms with Crippen molar-refractivity contribution in [2.45, 2.75) is 0 Å². The molecule has 14 heavy (non-hydrogen) atoms. The summed E-state index contributed by atoms with van der Waals surface area (Å²) < 4.78 is 0. The topological polar surface area (TPSA) is 6.48 Å². The Bertz CT molecular complexity index is 254. The van der Waals surface area contributed by atoms with Gasteiger partial charge in [0.2, 0.25) is 0 Å². The Hall–Kier alpha value is 0.279. The average molecular weight is 546 g/mol. The van der Waals surface area contributed by atoms with E-state index in [0.29, 0.717) is 0 Å². The van der Waals surface area contributed by atoms with E-state index >= 15 is 0 Å². The molecule has 1 heterocycles. The maximum Gasteiger partial charge on any atom is 3.00 e. The maximum atomic E-state index is 2.26. The summed E-state index contributed by atoms with van der Waals surface area (Å²) in [5.74, 6) is 0. The molecule has 0 bridgehead atoms. The second-order valence-corrected chi connectivity index (χ2v) is 3.13. The van der Waals surface area contributed by atoms with Crippen molar-refractivity contribution in [1.29, 1.82) is 0 Å². The van der Waals surface area contributed by atoms with Gasteiger partial charge in [-0.2, -0.15) is 6.67 Å². The van der Waals surface area contributed by atoms with Crippen molar-refractivity contribution < 1.29 is 40.2 Å². The van der Waals surface area contributed by atoms with Gasteiger partial charge in [-0.3, -0.25) is 0 Å². The van der Waals surface area contributed by atoms with Gasteiger partial charge in [-0.1, -0.05) is 18.2 Å². The van der Waals surface area contributed by atoms with Gasteiger partial charge >= 0.3 is 20.1 Å². The predicted octanol–water partition coefficient (Wildman–Crippen LogP) is 1.55. The minimum absolute atomic E-state index is 0. The summed E-state index contributed by atoms with van der Waals surface area (Å²) in [5.41, 5.74) is 1.28. The number of rotatable bonds is 1. The fourth-order valence-electron chi connectivity index (χ4n) is 1.43. The van der Waals surface area contributed by atoms with Crippen LogP contribution in [-0.4, -0.2) is 25.0 Å². The third-order valence-electron chi connectivity index (χ3n) is 2.12. The quantitative estimate of drug-likeness (QED) is 0.495.